The summed E-state index contributed by atoms with van der Waals surface area (Å²) < 4.78 is 13.0. The second-order valence-corrected chi connectivity index (χ2v) is 6.33. The summed E-state index contributed by atoms with van der Waals surface area (Å²) in [4.78, 5) is 24.7. The zero-order valence-corrected chi connectivity index (χ0v) is 14.9. The first-order valence-corrected chi connectivity index (χ1v) is 8.21. The highest BCUT2D eigenvalue weighted by Gasteiger charge is 2.16. The van der Waals surface area contributed by atoms with E-state index in [9.17, 15) is 14.0 Å². The number of halogens is 3. The maximum Gasteiger partial charge on any atom is 0.279 e. The van der Waals surface area contributed by atoms with Gasteiger partial charge in [-0.3, -0.25) is 9.59 Å². The van der Waals surface area contributed by atoms with Crippen molar-refractivity contribution in [2.45, 2.75) is 0 Å². The van der Waals surface area contributed by atoms with E-state index in [0.29, 0.717) is 21.3 Å². The van der Waals surface area contributed by atoms with Gasteiger partial charge in [0.25, 0.3) is 11.8 Å². The number of anilines is 2. The predicted octanol–water partition coefficient (Wildman–Crippen LogP) is 2.22. The van der Waals surface area contributed by atoms with Crippen molar-refractivity contribution in [2.24, 2.45) is 0 Å². The Morgan fingerprint density at radius 2 is 1.52 bits per heavy atom. The Kier molecular flexibility index (Phi) is 6.75. The monoisotopic (exact) mass is 384 g/mol. The van der Waals surface area contributed by atoms with E-state index in [2.05, 4.69) is 10.6 Å². The lowest BCUT2D eigenvalue weighted by molar-refractivity contribution is -0.862. The molecule has 2 aromatic carbocycles. The number of para-hydroxylation sites is 1. The molecule has 0 bridgehead atoms. The summed E-state index contributed by atoms with van der Waals surface area (Å²) in [5.74, 6) is -1.09. The number of hydrogen-bond donors (Lipinski definition) is 3. The van der Waals surface area contributed by atoms with Gasteiger partial charge in [-0.15, -0.1) is 0 Å². The molecule has 2 rings (SSSR count). The highest BCUT2D eigenvalue weighted by Crippen LogP contribution is 2.22. The SMILES string of the molecule is C[NH+](CC(=O)Nc1ccccc1Cl)CC(=O)Nc1ccc(F)cc1Cl. The molecule has 0 aliphatic carbocycles. The average molecular weight is 385 g/mol. The van der Waals surface area contributed by atoms with Crippen molar-refractivity contribution in [3.05, 3.63) is 58.3 Å². The van der Waals surface area contributed by atoms with Crippen LogP contribution in [0.15, 0.2) is 42.5 Å². The molecule has 132 valence electrons. The van der Waals surface area contributed by atoms with E-state index >= 15 is 0 Å². The number of quaternary nitrogens is 1. The molecular formula is C17H17Cl2FN3O2+. The third kappa shape index (κ3) is 6.01. The van der Waals surface area contributed by atoms with Gasteiger partial charge in [-0.25, -0.2) is 4.39 Å². The number of likely N-dealkylation sites (N-methyl/N-ethyl adjacent to an activating group) is 1. The molecule has 1 atom stereocenters. The molecule has 1 unspecified atom stereocenters. The maximum atomic E-state index is 13.0. The van der Waals surface area contributed by atoms with E-state index in [0.717, 1.165) is 6.07 Å². The highest BCUT2D eigenvalue weighted by molar-refractivity contribution is 6.34. The molecule has 3 N–H and O–H groups in total. The molecule has 0 saturated carbocycles. The molecule has 0 aromatic heterocycles. The lowest BCUT2D eigenvalue weighted by Gasteiger charge is -2.14. The minimum absolute atomic E-state index is 0.0453. The van der Waals surface area contributed by atoms with Crippen LogP contribution in [0.2, 0.25) is 10.0 Å². The zero-order valence-electron chi connectivity index (χ0n) is 13.4. The molecule has 0 heterocycles. The van der Waals surface area contributed by atoms with Gasteiger partial charge in [0, 0.05) is 0 Å². The van der Waals surface area contributed by atoms with Crippen LogP contribution < -0.4 is 15.5 Å². The molecule has 8 heteroatoms. The Morgan fingerprint density at radius 1 is 0.960 bits per heavy atom. The first-order valence-electron chi connectivity index (χ1n) is 7.45. The van der Waals surface area contributed by atoms with Gasteiger partial charge in [0.05, 0.1) is 28.5 Å². The van der Waals surface area contributed by atoms with Gasteiger partial charge in [-0.2, -0.15) is 0 Å². The van der Waals surface area contributed by atoms with E-state index in [-0.39, 0.29) is 29.9 Å². The van der Waals surface area contributed by atoms with Crippen LogP contribution in [0.3, 0.4) is 0 Å². The van der Waals surface area contributed by atoms with Crippen molar-refractivity contribution in [2.75, 3.05) is 30.8 Å². The number of amides is 2. The van der Waals surface area contributed by atoms with Gasteiger partial charge in [0.2, 0.25) is 0 Å². The summed E-state index contributed by atoms with van der Waals surface area (Å²) in [6.07, 6.45) is 0. The van der Waals surface area contributed by atoms with Crippen molar-refractivity contribution in [1.29, 1.82) is 0 Å². The van der Waals surface area contributed by atoms with Crippen LogP contribution in [0.5, 0.6) is 0 Å². The average Bonchev–Trinajstić information content (AvgIpc) is 2.52. The van der Waals surface area contributed by atoms with Gasteiger partial charge >= 0.3 is 0 Å². The van der Waals surface area contributed by atoms with E-state index in [1.807, 2.05) is 0 Å². The first-order chi connectivity index (χ1) is 11.8. The van der Waals surface area contributed by atoms with Crippen LogP contribution in [-0.2, 0) is 9.59 Å². The topological polar surface area (TPSA) is 62.6 Å². The van der Waals surface area contributed by atoms with E-state index in [1.54, 1.807) is 31.3 Å². The molecule has 0 spiro atoms. The van der Waals surface area contributed by atoms with Crippen LogP contribution in [-0.4, -0.2) is 32.0 Å². The molecule has 0 aliphatic heterocycles. The molecule has 2 amide bonds. The molecule has 2 aromatic rings. The number of benzene rings is 2. The number of nitrogens with one attached hydrogen (secondary N) is 3. The normalized spacial score (nSPS) is 11.7. The highest BCUT2D eigenvalue weighted by atomic mass is 35.5. The molecule has 0 radical (unpaired) electrons. The standard InChI is InChI=1S/C17H16Cl2FN3O2/c1-23(9-16(24)21-14-5-3-2-4-12(14)18)10-17(25)22-15-7-6-11(20)8-13(15)19/h2-8H,9-10H2,1H3,(H,21,24)(H,22,25)/p+1. The van der Waals surface area contributed by atoms with Crippen molar-refractivity contribution in [1.82, 2.24) is 0 Å². The fraction of sp³-hybridized carbons (Fsp3) is 0.176. The second kappa shape index (κ2) is 8.80. The lowest BCUT2D eigenvalue weighted by atomic mass is 10.3. The number of carbonyl (C=O) groups excluding carboxylic acids is 2. The fourth-order valence-electron chi connectivity index (χ4n) is 2.15. The van der Waals surface area contributed by atoms with Crippen LogP contribution in [0.4, 0.5) is 15.8 Å². The Morgan fingerprint density at radius 3 is 2.08 bits per heavy atom. The van der Waals surface area contributed by atoms with Crippen LogP contribution in [0, 0.1) is 5.82 Å². The Labute approximate surface area is 154 Å². The largest absolute Gasteiger partial charge is 0.322 e. The smallest absolute Gasteiger partial charge is 0.279 e. The van der Waals surface area contributed by atoms with Crippen molar-refractivity contribution in [3.63, 3.8) is 0 Å². The molecule has 25 heavy (non-hydrogen) atoms. The quantitative estimate of drug-likeness (QED) is 0.714. The Hall–Kier alpha value is -2.15. The summed E-state index contributed by atoms with van der Waals surface area (Å²) in [6.45, 7) is 0.124. The minimum Gasteiger partial charge on any atom is -0.322 e. The van der Waals surface area contributed by atoms with Crippen molar-refractivity contribution >= 4 is 46.4 Å². The van der Waals surface area contributed by atoms with Crippen molar-refractivity contribution < 1.29 is 18.9 Å². The minimum atomic E-state index is -0.484. The van der Waals surface area contributed by atoms with Gasteiger partial charge in [0.15, 0.2) is 13.1 Å². The van der Waals surface area contributed by atoms with E-state index in [4.69, 9.17) is 23.2 Å². The number of carbonyl (C=O) groups is 2. The molecular weight excluding hydrogens is 368 g/mol. The first kappa shape index (κ1) is 19.2. The molecule has 0 saturated heterocycles. The van der Waals surface area contributed by atoms with Crippen LogP contribution in [0.1, 0.15) is 0 Å². The zero-order chi connectivity index (χ0) is 18.4. The molecule has 5 nitrogen and oxygen atoms in total. The van der Waals surface area contributed by atoms with Crippen LogP contribution in [0.25, 0.3) is 0 Å². The summed E-state index contributed by atoms with van der Waals surface area (Å²) in [5.41, 5.74) is 0.839. The predicted molar refractivity (Wildman–Crippen MR) is 96.7 cm³/mol. The second-order valence-electron chi connectivity index (χ2n) is 5.51. The third-order valence-corrected chi connectivity index (χ3v) is 3.92. The summed E-state index contributed by atoms with van der Waals surface area (Å²) >= 11 is 11.8. The fourth-order valence-corrected chi connectivity index (χ4v) is 2.55. The van der Waals surface area contributed by atoms with Gasteiger partial charge in [0.1, 0.15) is 5.82 Å². The lowest BCUT2D eigenvalue weighted by Crippen LogP contribution is -3.11. The van der Waals surface area contributed by atoms with Gasteiger partial charge < -0.3 is 15.5 Å². The van der Waals surface area contributed by atoms with Gasteiger partial charge in [-0.1, -0.05) is 35.3 Å². The molecule has 0 aliphatic rings. The molecule has 0 fully saturated rings. The van der Waals surface area contributed by atoms with Crippen LogP contribution >= 0.6 is 23.2 Å². The number of rotatable bonds is 6. The third-order valence-electron chi connectivity index (χ3n) is 3.28. The van der Waals surface area contributed by atoms with E-state index in [1.165, 1.54) is 12.1 Å². The number of hydrogen-bond acceptors (Lipinski definition) is 2. The summed E-state index contributed by atoms with van der Waals surface area (Å²) in [5, 5.41) is 5.84. The van der Waals surface area contributed by atoms with Crippen molar-refractivity contribution in [3.8, 4) is 0 Å². The Bertz CT molecular complexity index is 786. The van der Waals surface area contributed by atoms with Gasteiger partial charge in [-0.05, 0) is 30.3 Å². The summed E-state index contributed by atoms with van der Waals surface area (Å²) in [6, 6.07) is 10.6. The maximum absolute atomic E-state index is 13.0. The Balaban J connectivity index is 1.84. The summed E-state index contributed by atoms with van der Waals surface area (Å²) in [7, 11) is 1.71. The van der Waals surface area contributed by atoms with E-state index < -0.39 is 5.82 Å².